The maximum atomic E-state index is 11.7. The fourth-order valence-corrected chi connectivity index (χ4v) is 2.27. The second kappa shape index (κ2) is 6.18. The first-order chi connectivity index (χ1) is 9.22. The monoisotopic (exact) mass is 276 g/mol. The molecule has 0 aliphatic heterocycles. The van der Waals surface area contributed by atoms with Crippen molar-refractivity contribution in [3.63, 3.8) is 0 Å². The Balaban J connectivity index is 2.21. The lowest BCUT2D eigenvalue weighted by Gasteiger charge is -2.04. The number of aromatic nitrogens is 2. The molecule has 98 valence electrons. The highest BCUT2D eigenvalue weighted by molar-refractivity contribution is 7.10. The van der Waals surface area contributed by atoms with Gasteiger partial charge >= 0.3 is 0 Å². The van der Waals surface area contributed by atoms with E-state index in [1.54, 1.807) is 0 Å². The summed E-state index contributed by atoms with van der Waals surface area (Å²) in [6, 6.07) is 4.83. The third-order valence-corrected chi connectivity index (χ3v) is 3.24. The Morgan fingerprint density at radius 3 is 3.11 bits per heavy atom. The van der Waals surface area contributed by atoms with Gasteiger partial charge in [0, 0.05) is 28.0 Å². The second-order valence-corrected chi connectivity index (χ2v) is 4.63. The van der Waals surface area contributed by atoms with Crippen LogP contribution in [-0.2, 0) is 6.54 Å². The Morgan fingerprint density at radius 2 is 2.37 bits per heavy atom. The van der Waals surface area contributed by atoms with Gasteiger partial charge < -0.3 is 9.84 Å². The van der Waals surface area contributed by atoms with E-state index in [4.69, 9.17) is 9.84 Å². The predicted molar refractivity (Wildman–Crippen MR) is 72.4 cm³/mol. The topological polar surface area (TPSA) is 64.3 Å². The highest BCUT2D eigenvalue weighted by Gasteiger charge is 2.04. The van der Waals surface area contributed by atoms with Crippen molar-refractivity contribution in [1.82, 2.24) is 9.78 Å². The third kappa shape index (κ3) is 3.44. The molecule has 0 atom stereocenters. The minimum Gasteiger partial charge on any atom is -0.480 e. The van der Waals surface area contributed by atoms with E-state index < -0.39 is 0 Å². The molecule has 0 aliphatic carbocycles. The van der Waals surface area contributed by atoms with E-state index >= 15 is 0 Å². The Labute approximate surface area is 114 Å². The lowest BCUT2D eigenvalue weighted by molar-refractivity contribution is 0.350. The molecule has 1 N–H and O–H groups in total. The van der Waals surface area contributed by atoms with Gasteiger partial charge in [0.05, 0.1) is 13.7 Å². The summed E-state index contributed by atoms with van der Waals surface area (Å²) < 4.78 is 6.33. The van der Waals surface area contributed by atoms with Gasteiger partial charge in [-0.1, -0.05) is 11.8 Å². The van der Waals surface area contributed by atoms with Crippen LogP contribution in [0, 0.1) is 11.8 Å². The first-order valence-electron chi connectivity index (χ1n) is 5.52. The molecule has 0 aromatic carbocycles. The number of hydrogen-bond acceptors (Lipinski definition) is 5. The van der Waals surface area contributed by atoms with Crippen LogP contribution in [0.15, 0.2) is 28.4 Å². The molecule has 0 saturated heterocycles. The Morgan fingerprint density at radius 1 is 1.53 bits per heavy atom. The maximum Gasteiger partial charge on any atom is 0.267 e. The predicted octanol–water partition coefficient (Wildman–Crippen LogP) is 0.705. The van der Waals surface area contributed by atoms with E-state index in [1.807, 2.05) is 11.4 Å². The maximum absolute atomic E-state index is 11.7. The molecule has 2 heterocycles. The van der Waals surface area contributed by atoms with Gasteiger partial charge in [0.2, 0.25) is 5.88 Å². The van der Waals surface area contributed by atoms with E-state index in [1.165, 1.54) is 35.3 Å². The molecule has 0 unspecified atom stereocenters. The fraction of sp³-hybridized carbons (Fsp3) is 0.231. The van der Waals surface area contributed by atoms with Crippen molar-refractivity contribution in [2.24, 2.45) is 0 Å². The van der Waals surface area contributed by atoms with Gasteiger partial charge in [-0.2, -0.15) is 0 Å². The number of thiophene rings is 1. The van der Waals surface area contributed by atoms with Gasteiger partial charge in [-0.15, -0.1) is 16.4 Å². The van der Waals surface area contributed by atoms with Crippen molar-refractivity contribution < 1.29 is 9.84 Å². The first-order valence-corrected chi connectivity index (χ1v) is 6.40. The van der Waals surface area contributed by atoms with Crippen molar-refractivity contribution >= 4 is 11.3 Å². The van der Waals surface area contributed by atoms with Crippen LogP contribution < -0.4 is 10.3 Å². The van der Waals surface area contributed by atoms with Gasteiger partial charge in [-0.05, 0) is 6.07 Å². The van der Waals surface area contributed by atoms with Crippen molar-refractivity contribution in [2.45, 2.75) is 6.54 Å². The molecule has 0 radical (unpaired) electrons. The van der Waals surface area contributed by atoms with Crippen LogP contribution in [0.1, 0.15) is 10.4 Å². The first kappa shape index (κ1) is 13.3. The smallest absolute Gasteiger partial charge is 0.267 e. The van der Waals surface area contributed by atoms with Crippen molar-refractivity contribution in [2.75, 3.05) is 13.7 Å². The fourth-order valence-electron chi connectivity index (χ4n) is 1.47. The highest BCUT2D eigenvalue weighted by atomic mass is 32.1. The van der Waals surface area contributed by atoms with Gasteiger partial charge in [0.1, 0.15) is 6.61 Å². The van der Waals surface area contributed by atoms with Crippen LogP contribution >= 0.6 is 11.3 Å². The lowest BCUT2D eigenvalue weighted by atomic mass is 10.3. The molecule has 0 fully saturated rings. The zero-order chi connectivity index (χ0) is 13.7. The normalized spacial score (nSPS) is 9.79. The Bertz CT molecular complexity index is 679. The number of aliphatic hydroxyl groups is 1. The van der Waals surface area contributed by atoms with E-state index in [-0.39, 0.29) is 12.2 Å². The number of rotatable bonds is 3. The molecule has 5 nitrogen and oxygen atoms in total. The Kier molecular flexibility index (Phi) is 4.34. The van der Waals surface area contributed by atoms with Crippen molar-refractivity contribution in [3.05, 3.63) is 44.4 Å². The number of methoxy groups -OCH3 is 1. The Hall–Kier alpha value is -2.10. The van der Waals surface area contributed by atoms with Crippen LogP contribution in [0.25, 0.3) is 0 Å². The molecule has 2 aromatic heterocycles. The average Bonchev–Trinajstić information content (AvgIpc) is 2.86. The molecule has 19 heavy (non-hydrogen) atoms. The minimum atomic E-state index is -0.183. The van der Waals surface area contributed by atoms with Crippen LogP contribution in [0.2, 0.25) is 0 Å². The van der Waals surface area contributed by atoms with Gasteiger partial charge in [-0.25, -0.2) is 4.68 Å². The van der Waals surface area contributed by atoms with E-state index in [0.29, 0.717) is 12.4 Å². The minimum absolute atomic E-state index is 0.165. The number of nitrogens with zero attached hydrogens (tertiary/aromatic N) is 2. The van der Waals surface area contributed by atoms with Crippen LogP contribution in [0.3, 0.4) is 0 Å². The number of ether oxygens (including phenoxy) is 1. The summed E-state index contributed by atoms with van der Waals surface area (Å²) >= 11 is 1.49. The largest absolute Gasteiger partial charge is 0.480 e. The third-order valence-electron chi connectivity index (χ3n) is 2.32. The van der Waals surface area contributed by atoms with Gasteiger partial charge in [-0.3, -0.25) is 4.79 Å². The average molecular weight is 276 g/mol. The van der Waals surface area contributed by atoms with Crippen LogP contribution in [-0.4, -0.2) is 28.6 Å². The highest BCUT2D eigenvalue weighted by Crippen LogP contribution is 2.14. The van der Waals surface area contributed by atoms with E-state index in [2.05, 4.69) is 16.9 Å². The van der Waals surface area contributed by atoms with Gasteiger partial charge in [0.15, 0.2) is 0 Å². The summed E-state index contributed by atoms with van der Waals surface area (Å²) in [6.45, 7) is 0.212. The molecule has 0 spiro atoms. The summed E-state index contributed by atoms with van der Waals surface area (Å²) in [5, 5.41) is 14.6. The molecular formula is C13H12N2O3S. The number of aliphatic hydroxyl groups excluding tert-OH is 1. The molecule has 0 amide bonds. The zero-order valence-corrected chi connectivity index (χ0v) is 11.1. The van der Waals surface area contributed by atoms with E-state index in [0.717, 1.165) is 10.4 Å². The summed E-state index contributed by atoms with van der Waals surface area (Å²) in [7, 11) is 1.50. The molecule has 6 heteroatoms. The van der Waals surface area contributed by atoms with Crippen molar-refractivity contribution in [3.8, 4) is 17.7 Å². The molecule has 2 rings (SSSR count). The lowest BCUT2D eigenvalue weighted by Crippen LogP contribution is -2.22. The number of hydrogen-bond donors (Lipinski definition) is 1. The molecular weight excluding hydrogens is 264 g/mol. The standard InChI is InChI=1S/C13H12N2O3S/c1-18-12-4-5-13(17)15(14-12)8-11-7-10(9-19-11)3-2-6-16/h4-5,7,9,16H,6,8H2,1H3. The van der Waals surface area contributed by atoms with Crippen LogP contribution in [0.4, 0.5) is 0 Å². The second-order valence-electron chi connectivity index (χ2n) is 3.63. The van der Waals surface area contributed by atoms with Crippen LogP contribution in [0.5, 0.6) is 5.88 Å². The quantitative estimate of drug-likeness (QED) is 0.838. The summed E-state index contributed by atoms with van der Waals surface area (Å²) in [5.74, 6) is 5.79. The molecule has 0 bridgehead atoms. The zero-order valence-electron chi connectivity index (χ0n) is 10.3. The van der Waals surface area contributed by atoms with Gasteiger partial charge in [0.25, 0.3) is 5.56 Å². The summed E-state index contributed by atoms with van der Waals surface area (Å²) in [5.41, 5.74) is 0.641. The van der Waals surface area contributed by atoms with Crippen molar-refractivity contribution in [1.29, 1.82) is 0 Å². The molecule has 2 aromatic rings. The summed E-state index contributed by atoms with van der Waals surface area (Å²) in [6.07, 6.45) is 0. The SMILES string of the molecule is COc1ccc(=O)n(Cc2cc(C#CCO)cs2)n1. The molecule has 0 saturated carbocycles. The molecule has 0 aliphatic rings. The van der Waals surface area contributed by atoms with E-state index in [9.17, 15) is 4.79 Å². The summed E-state index contributed by atoms with van der Waals surface area (Å²) in [4.78, 5) is 12.6.